The third-order valence-electron chi connectivity index (χ3n) is 3.02. The molecule has 2 rings (SSSR count). The minimum absolute atomic E-state index is 0.0244. The minimum Gasteiger partial charge on any atom is -0.465 e. The summed E-state index contributed by atoms with van der Waals surface area (Å²) in [4.78, 5) is 18.9. The number of carbonyl (C=O) groups excluding carboxylic acids is 1. The van der Waals surface area contributed by atoms with Gasteiger partial charge in [-0.2, -0.15) is 0 Å². The fourth-order valence-electron chi connectivity index (χ4n) is 2.14. The third kappa shape index (κ3) is 2.64. The van der Waals surface area contributed by atoms with Gasteiger partial charge in [-0.15, -0.1) is 0 Å². The Bertz CT molecular complexity index is 637. The van der Waals surface area contributed by atoms with Gasteiger partial charge in [-0.3, -0.25) is 4.79 Å². The summed E-state index contributed by atoms with van der Waals surface area (Å²) >= 11 is 0. The molecule has 4 nitrogen and oxygen atoms in total. The van der Waals surface area contributed by atoms with Crippen molar-refractivity contribution in [2.75, 3.05) is 6.61 Å². The van der Waals surface area contributed by atoms with E-state index in [1.165, 1.54) is 0 Å². The first-order chi connectivity index (χ1) is 9.43. The van der Waals surface area contributed by atoms with Crippen LogP contribution in [0.25, 0.3) is 11.0 Å². The quantitative estimate of drug-likeness (QED) is 0.876. The third-order valence-corrected chi connectivity index (χ3v) is 3.02. The predicted molar refractivity (Wildman–Crippen MR) is 70.2 cm³/mol. The maximum absolute atomic E-state index is 13.6. The highest BCUT2D eigenvalue weighted by atomic mass is 19.1. The number of carbonyl (C=O) groups is 1. The van der Waals surface area contributed by atoms with Crippen molar-refractivity contribution >= 4 is 17.0 Å². The minimum atomic E-state index is -0.756. The van der Waals surface area contributed by atoms with Gasteiger partial charge in [0.1, 0.15) is 23.1 Å². The summed E-state index contributed by atoms with van der Waals surface area (Å²) in [6, 6.07) is 1.92. The summed E-state index contributed by atoms with van der Waals surface area (Å²) in [5, 5.41) is 0. The lowest BCUT2D eigenvalue weighted by molar-refractivity contribution is -0.146. The molecule has 0 fully saturated rings. The summed E-state index contributed by atoms with van der Waals surface area (Å²) < 4.78 is 31.8. The van der Waals surface area contributed by atoms with Crippen molar-refractivity contribution in [3.8, 4) is 0 Å². The second kappa shape index (κ2) is 5.56. The zero-order valence-corrected chi connectivity index (χ0v) is 11.5. The van der Waals surface area contributed by atoms with Crippen molar-refractivity contribution in [3.63, 3.8) is 0 Å². The van der Waals surface area contributed by atoms with E-state index in [1.54, 1.807) is 6.92 Å². The number of hydrogen-bond acceptors (Lipinski definition) is 3. The molecule has 0 aliphatic rings. The first kappa shape index (κ1) is 14.4. The molecule has 0 aliphatic heterocycles. The number of aromatic amines is 1. The number of nitrogens with one attached hydrogen (secondary N) is 1. The maximum Gasteiger partial charge on any atom is 0.316 e. The molecule has 1 aromatic heterocycles. The van der Waals surface area contributed by atoms with Gasteiger partial charge in [-0.05, 0) is 18.9 Å². The molecule has 1 unspecified atom stereocenters. The molecule has 20 heavy (non-hydrogen) atoms. The van der Waals surface area contributed by atoms with Crippen LogP contribution in [0.4, 0.5) is 8.78 Å². The lowest BCUT2D eigenvalue weighted by Gasteiger charge is -2.16. The molecular formula is C14H16F2N2O2. The van der Waals surface area contributed by atoms with Crippen molar-refractivity contribution in [2.45, 2.75) is 26.7 Å². The van der Waals surface area contributed by atoms with Crippen LogP contribution in [0.1, 0.15) is 32.5 Å². The van der Waals surface area contributed by atoms with Gasteiger partial charge in [0.25, 0.3) is 0 Å². The number of benzene rings is 1. The molecule has 0 spiro atoms. The SMILES string of the molecule is CCOC(=O)C(c1nc2c(F)cc(F)cc2[nH]1)C(C)C. The summed E-state index contributed by atoms with van der Waals surface area (Å²) in [5.41, 5.74) is 0.254. The molecule has 0 saturated heterocycles. The molecule has 0 radical (unpaired) electrons. The number of rotatable bonds is 4. The molecule has 0 saturated carbocycles. The van der Waals surface area contributed by atoms with Crippen LogP contribution in [0, 0.1) is 17.6 Å². The van der Waals surface area contributed by atoms with E-state index in [4.69, 9.17) is 4.74 Å². The largest absolute Gasteiger partial charge is 0.465 e. The van der Waals surface area contributed by atoms with Crippen LogP contribution >= 0.6 is 0 Å². The van der Waals surface area contributed by atoms with Gasteiger partial charge in [0, 0.05) is 6.07 Å². The number of halogens is 2. The Hall–Kier alpha value is -1.98. The molecule has 1 N–H and O–H groups in total. The van der Waals surface area contributed by atoms with Gasteiger partial charge in [-0.1, -0.05) is 13.8 Å². The molecule has 1 aromatic carbocycles. The molecule has 6 heteroatoms. The zero-order chi connectivity index (χ0) is 14.9. The standard InChI is InChI=1S/C14H16F2N2O2/c1-4-20-14(19)11(7(2)3)13-17-10-6-8(15)5-9(16)12(10)18-13/h5-7,11H,4H2,1-3H3,(H,17,18). The van der Waals surface area contributed by atoms with E-state index < -0.39 is 23.5 Å². The van der Waals surface area contributed by atoms with E-state index in [9.17, 15) is 13.6 Å². The van der Waals surface area contributed by atoms with Crippen LogP contribution in [0.5, 0.6) is 0 Å². The van der Waals surface area contributed by atoms with Crippen LogP contribution < -0.4 is 0 Å². The molecule has 1 heterocycles. The second-order valence-corrected chi connectivity index (χ2v) is 4.88. The van der Waals surface area contributed by atoms with Crippen molar-refractivity contribution in [2.24, 2.45) is 5.92 Å². The fourth-order valence-corrected chi connectivity index (χ4v) is 2.14. The highest BCUT2D eigenvalue weighted by Crippen LogP contribution is 2.27. The Morgan fingerprint density at radius 2 is 2.10 bits per heavy atom. The molecule has 0 bridgehead atoms. The zero-order valence-electron chi connectivity index (χ0n) is 11.5. The van der Waals surface area contributed by atoms with Crippen molar-refractivity contribution in [1.29, 1.82) is 0 Å². The smallest absolute Gasteiger partial charge is 0.316 e. The second-order valence-electron chi connectivity index (χ2n) is 4.88. The Balaban J connectivity index is 2.49. The number of imidazole rings is 1. The van der Waals surface area contributed by atoms with Gasteiger partial charge in [-0.25, -0.2) is 13.8 Å². The highest BCUT2D eigenvalue weighted by molar-refractivity contribution is 5.81. The number of hydrogen-bond donors (Lipinski definition) is 1. The van der Waals surface area contributed by atoms with Gasteiger partial charge in [0.15, 0.2) is 5.82 Å². The van der Waals surface area contributed by atoms with Crippen molar-refractivity contribution in [1.82, 2.24) is 9.97 Å². The summed E-state index contributed by atoms with van der Waals surface area (Å²) in [6.07, 6.45) is 0. The highest BCUT2D eigenvalue weighted by Gasteiger charge is 2.29. The lowest BCUT2D eigenvalue weighted by Crippen LogP contribution is -2.22. The number of aromatic nitrogens is 2. The van der Waals surface area contributed by atoms with E-state index in [1.807, 2.05) is 13.8 Å². The maximum atomic E-state index is 13.6. The van der Waals surface area contributed by atoms with Gasteiger partial charge in [0.2, 0.25) is 0 Å². The summed E-state index contributed by atoms with van der Waals surface area (Å²) in [6.45, 7) is 5.64. The summed E-state index contributed by atoms with van der Waals surface area (Å²) in [5.74, 6) is -2.30. The van der Waals surface area contributed by atoms with Crippen LogP contribution in [-0.2, 0) is 9.53 Å². The van der Waals surface area contributed by atoms with Crippen molar-refractivity contribution in [3.05, 3.63) is 29.6 Å². The van der Waals surface area contributed by atoms with Gasteiger partial charge < -0.3 is 9.72 Å². The number of fused-ring (bicyclic) bond motifs is 1. The average molecular weight is 282 g/mol. The van der Waals surface area contributed by atoms with E-state index in [0.29, 0.717) is 0 Å². The normalized spacial score (nSPS) is 12.9. The number of nitrogens with zero attached hydrogens (tertiary/aromatic N) is 1. The molecule has 0 aliphatic carbocycles. The Kier molecular flexibility index (Phi) is 4.01. The lowest BCUT2D eigenvalue weighted by atomic mass is 9.95. The Morgan fingerprint density at radius 1 is 1.40 bits per heavy atom. The van der Waals surface area contributed by atoms with Gasteiger partial charge in [0.05, 0.1) is 12.1 Å². The average Bonchev–Trinajstić information content (AvgIpc) is 2.72. The monoisotopic (exact) mass is 282 g/mol. The van der Waals surface area contributed by atoms with E-state index >= 15 is 0 Å². The number of H-pyrrole nitrogens is 1. The molecule has 2 aromatic rings. The van der Waals surface area contributed by atoms with E-state index in [0.717, 1.165) is 12.1 Å². The number of ether oxygens (including phenoxy) is 1. The fraction of sp³-hybridized carbons (Fsp3) is 0.429. The topological polar surface area (TPSA) is 55.0 Å². The Morgan fingerprint density at radius 3 is 2.70 bits per heavy atom. The van der Waals surface area contributed by atoms with E-state index in [-0.39, 0.29) is 29.4 Å². The molecule has 0 amide bonds. The summed E-state index contributed by atoms with van der Waals surface area (Å²) in [7, 11) is 0. The van der Waals surface area contributed by atoms with Crippen LogP contribution in [0.3, 0.4) is 0 Å². The number of esters is 1. The molecule has 108 valence electrons. The first-order valence-corrected chi connectivity index (χ1v) is 6.45. The van der Waals surface area contributed by atoms with Crippen LogP contribution in [0.2, 0.25) is 0 Å². The van der Waals surface area contributed by atoms with Crippen molar-refractivity contribution < 1.29 is 18.3 Å². The predicted octanol–water partition coefficient (Wildman–Crippen LogP) is 3.14. The van der Waals surface area contributed by atoms with Gasteiger partial charge >= 0.3 is 5.97 Å². The van der Waals surface area contributed by atoms with Crippen LogP contribution in [0.15, 0.2) is 12.1 Å². The first-order valence-electron chi connectivity index (χ1n) is 6.45. The molecular weight excluding hydrogens is 266 g/mol. The van der Waals surface area contributed by atoms with E-state index in [2.05, 4.69) is 9.97 Å². The molecule has 1 atom stereocenters. The van der Waals surface area contributed by atoms with Crippen LogP contribution in [-0.4, -0.2) is 22.5 Å². The Labute approximate surface area is 115 Å².